The number of thiazole rings is 1. The zero-order chi connectivity index (χ0) is 14.5. The standard InChI is InChI=1S/C16H18N4S/c1-19(9-5-10-20-11-8-17-13-20)16-18-12-15(21-16)14-6-3-2-4-7-14/h2-4,6-8,11-13H,5,9-10H2,1H3. The first-order chi connectivity index (χ1) is 10.3. The summed E-state index contributed by atoms with van der Waals surface area (Å²) in [6, 6.07) is 10.4. The van der Waals surface area contributed by atoms with Crippen LogP contribution < -0.4 is 4.90 Å². The van der Waals surface area contributed by atoms with Crippen LogP contribution in [-0.4, -0.2) is 28.1 Å². The second-order valence-corrected chi connectivity index (χ2v) is 5.96. The highest BCUT2D eigenvalue weighted by Crippen LogP contribution is 2.30. The van der Waals surface area contributed by atoms with Crippen LogP contribution >= 0.6 is 11.3 Å². The molecule has 0 radical (unpaired) electrons. The van der Waals surface area contributed by atoms with E-state index in [1.54, 1.807) is 11.3 Å². The van der Waals surface area contributed by atoms with Gasteiger partial charge in [-0.1, -0.05) is 41.7 Å². The Balaban J connectivity index is 1.58. The fourth-order valence-electron chi connectivity index (χ4n) is 2.18. The average molecular weight is 298 g/mol. The highest BCUT2D eigenvalue weighted by atomic mass is 32.1. The van der Waals surface area contributed by atoms with E-state index in [0.717, 1.165) is 24.6 Å². The lowest BCUT2D eigenvalue weighted by Gasteiger charge is -2.15. The van der Waals surface area contributed by atoms with E-state index < -0.39 is 0 Å². The van der Waals surface area contributed by atoms with Crippen molar-refractivity contribution in [3.8, 4) is 10.4 Å². The summed E-state index contributed by atoms with van der Waals surface area (Å²) in [6.45, 7) is 1.97. The van der Waals surface area contributed by atoms with E-state index in [9.17, 15) is 0 Å². The van der Waals surface area contributed by atoms with Gasteiger partial charge >= 0.3 is 0 Å². The van der Waals surface area contributed by atoms with Gasteiger partial charge < -0.3 is 9.47 Å². The summed E-state index contributed by atoms with van der Waals surface area (Å²) >= 11 is 1.74. The molecule has 0 unspecified atom stereocenters. The Bertz CT molecular complexity index is 661. The van der Waals surface area contributed by atoms with Crippen molar-refractivity contribution in [1.82, 2.24) is 14.5 Å². The van der Waals surface area contributed by atoms with Crippen molar-refractivity contribution in [3.63, 3.8) is 0 Å². The van der Waals surface area contributed by atoms with Crippen molar-refractivity contribution in [3.05, 3.63) is 55.2 Å². The molecule has 3 rings (SSSR count). The molecule has 0 atom stereocenters. The van der Waals surface area contributed by atoms with Gasteiger partial charge in [-0.3, -0.25) is 0 Å². The fourth-order valence-corrected chi connectivity index (χ4v) is 3.09. The number of anilines is 1. The molecule has 0 amide bonds. The molecular formula is C16H18N4S. The topological polar surface area (TPSA) is 34.0 Å². The van der Waals surface area contributed by atoms with Gasteiger partial charge in [0.1, 0.15) is 0 Å². The summed E-state index contributed by atoms with van der Waals surface area (Å²) in [5, 5.41) is 1.07. The van der Waals surface area contributed by atoms with Gasteiger partial charge in [0.05, 0.1) is 11.2 Å². The van der Waals surface area contributed by atoms with Crippen LogP contribution in [0.15, 0.2) is 55.2 Å². The summed E-state index contributed by atoms with van der Waals surface area (Å²) in [6.07, 6.45) is 8.71. The quantitative estimate of drug-likeness (QED) is 0.698. The Morgan fingerprint density at radius 1 is 1.24 bits per heavy atom. The molecule has 2 aromatic heterocycles. The number of hydrogen-bond acceptors (Lipinski definition) is 4. The van der Waals surface area contributed by atoms with Crippen molar-refractivity contribution in [2.75, 3.05) is 18.5 Å². The molecule has 0 aliphatic rings. The smallest absolute Gasteiger partial charge is 0.185 e. The van der Waals surface area contributed by atoms with Crippen LogP contribution in [0.3, 0.4) is 0 Å². The molecule has 1 aromatic carbocycles. The maximum atomic E-state index is 4.53. The van der Waals surface area contributed by atoms with E-state index in [0.29, 0.717) is 0 Å². The zero-order valence-corrected chi connectivity index (χ0v) is 12.8. The lowest BCUT2D eigenvalue weighted by atomic mass is 10.2. The van der Waals surface area contributed by atoms with Gasteiger partial charge in [0.25, 0.3) is 0 Å². The van der Waals surface area contributed by atoms with Gasteiger partial charge in [-0.25, -0.2) is 9.97 Å². The maximum absolute atomic E-state index is 4.53. The molecule has 3 aromatic rings. The van der Waals surface area contributed by atoms with Gasteiger partial charge in [-0.2, -0.15) is 0 Å². The van der Waals surface area contributed by atoms with Crippen molar-refractivity contribution in [2.24, 2.45) is 0 Å². The number of aromatic nitrogens is 3. The third-order valence-corrected chi connectivity index (χ3v) is 4.51. The summed E-state index contributed by atoms with van der Waals surface area (Å²) in [4.78, 5) is 12.0. The molecule has 0 spiro atoms. The SMILES string of the molecule is CN(CCCn1ccnc1)c1ncc(-c2ccccc2)s1. The third-order valence-electron chi connectivity index (χ3n) is 3.35. The van der Waals surface area contributed by atoms with E-state index in [1.165, 1.54) is 10.4 Å². The number of imidazole rings is 1. The van der Waals surface area contributed by atoms with Gasteiger partial charge in [0, 0.05) is 38.7 Å². The summed E-state index contributed by atoms with van der Waals surface area (Å²) in [7, 11) is 2.10. The lowest BCUT2D eigenvalue weighted by Crippen LogP contribution is -2.19. The molecule has 2 heterocycles. The molecule has 0 bridgehead atoms. The number of rotatable bonds is 6. The van der Waals surface area contributed by atoms with E-state index >= 15 is 0 Å². The second kappa shape index (κ2) is 6.54. The van der Waals surface area contributed by atoms with Gasteiger partial charge in [-0.05, 0) is 12.0 Å². The molecule has 0 aliphatic carbocycles. The molecule has 0 aliphatic heterocycles. The van der Waals surface area contributed by atoms with Crippen molar-refractivity contribution >= 4 is 16.5 Å². The minimum Gasteiger partial charge on any atom is -0.351 e. The molecule has 5 heteroatoms. The molecule has 21 heavy (non-hydrogen) atoms. The first kappa shape index (κ1) is 13.8. The minimum atomic E-state index is 0.986. The maximum Gasteiger partial charge on any atom is 0.185 e. The Labute approximate surface area is 128 Å². The van der Waals surface area contributed by atoms with Gasteiger partial charge in [-0.15, -0.1) is 0 Å². The average Bonchev–Trinajstić information content (AvgIpc) is 3.20. The lowest BCUT2D eigenvalue weighted by molar-refractivity contribution is 0.637. The molecule has 0 saturated carbocycles. The van der Waals surface area contributed by atoms with Crippen LogP contribution in [-0.2, 0) is 6.54 Å². The molecular weight excluding hydrogens is 280 g/mol. The van der Waals surface area contributed by atoms with Crippen LogP contribution in [0, 0.1) is 0 Å². The normalized spacial score (nSPS) is 10.7. The van der Waals surface area contributed by atoms with Crippen LogP contribution in [0.1, 0.15) is 6.42 Å². The summed E-state index contributed by atoms with van der Waals surface area (Å²) in [5.74, 6) is 0. The van der Waals surface area contributed by atoms with Gasteiger partial charge in [0.15, 0.2) is 5.13 Å². The minimum absolute atomic E-state index is 0.986. The largest absolute Gasteiger partial charge is 0.351 e. The first-order valence-corrected chi connectivity index (χ1v) is 7.83. The Kier molecular flexibility index (Phi) is 4.31. The number of aryl methyl sites for hydroxylation is 1. The molecule has 0 fully saturated rings. The van der Waals surface area contributed by atoms with Crippen LogP contribution in [0.4, 0.5) is 5.13 Å². The summed E-state index contributed by atoms with van der Waals surface area (Å²) in [5.41, 5.74) is 1.23. The van der Waals surface area contributed by atoms with Gasteiger partial charge in [0.2, 0.25) is 0 Å². The van der Waals surface area contributed by atoms with E-state index in [1.807, 2.05) is 31.0 Å². The number of nitrogens with zero attached hydrogens (tertiary/aromatic N) is 4. The van der Waals surface area contributed by atoms with Crippen molar-refractivity contribution in [1.29, 1.82) is 0 Å². The third kappa shape index (κ3) is 3.49. The van der Waals surface area contributed by atoms with Crippen LogP contribution in [0.2, 0.25) is 0 Å². The van der Waals surface area contributed by atoms with E-state index in [-0.39, 0.29) is 0 Å². The molecule has 4 nitrogen and oxygen atoms in total. The Morgan fingerprint density at radius 2 is 2.10 bits per heavy atom. The second-order valence-electron chi connectivity index (χ2n) is 4.95. The zero-order valence-electron chi connectivity index (χ0n) is 12.0. The Morgan fingerprint density at radius 3 is 2.86 bits per heavy atom. The van der Waals surface area contributed by atoms with Crippen molar-refractivity contribution < 1.29 is 0 Å². The fraction of sp³-hybridized carbons (Fsp3) is 0.250. The molecule has 0 N–H and O–H groups in total. The molecule has 0 saturated heterocycles. The predicted molar refractivity (Wildman–Crippen MR) is 87.7 cm³/mol. The monoisotopic (exact) mass is 298 g/mol. The van der Waals surface area contributed by atoms with Crippen LogP contribution in [0.25, 0.3) is 10.4 Å². The van der Waals surface area contributed by atoms with E-state index in [2.05, 4.69) is 50.7 Å². The van der Waals surface area contributed by atoms with E-state index in [4.69, 9.17) is 0 Å². The number of hydrogen-bond donors (Lipinski definition) is 0. The first-order valence-electron chi connectivity index (χ1n) is 7.01. The van der Waals surface area contributed by atoms with Crippen molar-refractivity contribution in [2.45, 2.75) is 13.0 Å². The van der Waals surface area contributed by atoms with Crippen LogP contribution in [0.5, 0.6) is 0 Å². The highest BCUT2D eigenvalue weighted by Gasteiger charge is 2.08. The molecule has 108 valence electrons. The Hall–Kier alpha value is -2.14. The predicted octanol–water partition coefficient (Wildman–Crippen LogP) is 3.53. The number of benzene rings is 1. The summed E-state index contributed by atoms with van der Waals surface area (Å²) < 4.78 is 2.10. The highest BCUT2D eigenvalue weighted by molar-refractivity contribution is 7.18.